The zero-order chi connectivity index (χ0) is 25.1. The number of benzene rings is 2. The lowest BCUT2D eigenvalue weighted by atomic mass is 10.1. The fraction of sp³-hybridized carbons (Fsp3) is 0.360. The molecule has 0 unspecified atom stereocenters. The third-order valence-corrected chi connectivity index (χ3v) is 5.14. The number of imidazole rings is 1. The van der Waals surface area contributed by atoms with Crippen molar-refractivity contribution in [3.63, 3.8) is 0 Å². The number of carboxylic acid groups (broad SMARTS) is 1. The van der Waals surface area contributed by atoms with Crippen LogP contribution in [0.2, 0.25) is 0 Å². The summed E-state index contributed by atoms with van der Waals surface area (Å²) in [6.07, 6.45) is 2.19. The second-order valence-electron chi connectivity index (χ2n) is 7.56. The number of carbonyl (C=O) groups is 1. The van der Waals surface area contributed by atoms with Crippen LogP contribution in [0.5, 0.6) is 5.75 Å². The van der Waals surface area contributed by atoms with E-state index in [9.17, 15) is 17.6 Å². The van der Waals surface area contributed by atoms with Gasteiger partial charge in [-0.2, -0.15) is 13.2 Å². The Morgan fingerprint density at radius 3 is 2.29 bits per heavy atom. The number of ether oxygens (including phenoxy) is 1. The van der Waals surface area contributed by atoms with Gasteiger partial charge >= 0.3 is 12.1 Å². The topological polar surface area (TPSA) is 64.4 Å². The molecule has 34 heavy (non-hydrogen) atoms. The monoisotopic (exact) mass is 480 g/mol. The lowest BCUT2D eigenvalue weighted by Gasteiger charge is -2.12. The molecular formula is C25H28F4N2O3. The Kier molecular flexibility index (Phi) is 10.1. The van der Waals surface area contributed by atoms with Crippen molar-refractivity contribution in [2.75, 3.05) is 7.11 Å². The average Bonchev–Trinajstić information content (AvgIpc) is 3.21. The second-order valence-corrected chi connectivity index (χ2v) is 7.56. The standard InChI is InChI=1S/C23H27FN2O.C2HF3O2/c1-3-4-5-9-21-23(19-11-13-20(24)14-12-19)25-17-26(21)16-15-18-8-6-7-10-22(18)27-2;3-2(4,5)1(6)7/h6-8,10-14,17H,3-5,9,15-16H2,1-2H3;(H,6,7). The van der Waals surface area contributed by atoms with Gasteiger partial charge in [-0.3, -0.25) is 0 Å². The van der Waals surface area contributed by atoms with Gasteiger partial charge in [-0.15, -0.1) is 0 Å². The van der Waals surface area contributed by atoms with Crippen molar-refractivity contribution in [2.24, 2.45) is 0 Å². The van der Waals surface area contributed by atoms with Crippen molar-refractivity contribution in [1.29, 1.82) is 0 Å². The molecule has 9 heteroatoms. The number of para-hydroxylation sites is 1. The third-order valence-electron chi connectivity index (χ3n) is 5.14. The number of alkyl halides is 3. The Labute approximate surface area is 196 Å². The average molecular weight is 481 g/mol. The highest BCUT2D eigenvalue weighted by atomic mass is 19.4. The SMILES string of the molecule is CCCCCc1c(-c2ccc(F)cc2)ncn1CCc1ccccc1OC.O=C(O)C(F)(F)F. The third kappa shape index (κ3) is 7.90. The number of carboxylic acids is 1. The van der Waals surface area contributed by atoms with Crippen molar-refractivity contribution < 1.29 is 32.2 Å². The zero-order valence-corrected chi connectivity index (χ0v) is 19.1. The van der Waals surface area contributed by atoms with Crippen molar-refractivity contribution in [2.45, 2.75) is 51.7 Å². The van der Waals surface area contributed by atoms with Crippen LogP contribution < -0.4 is 4.74 Å². The number of aromatic nitrogens is 2. The van der Waals surface area contributed by atoms with Crippen molar-refractivity contribution in [3.8, 4) is 17.0 Å². The number of unbranched alkanes of at least 4 members (excludes halogenated alkanes) is 2. The summed E-state index contributed by atoms with van der Waals surface area (Å²) < 4.78 is 52.7. The van der Waals surface area contributed by atoms with Crippen molar-refractivity contribution in [3.05, 3.63) is 71.9 Å². The molecule has 0 bridgehead atoms. The molecule has 3 aromatic rings. The molecule has 1 N–H and O–H groups in total. The van der Waals surface area contributed by atoms with Gasteiger partial charge in [0.1, 0.15) is 11.6 Å². The Hall–Kier alpha value is -3.36. The summed E-state index contributed by atoms with van der Waals surface area (Å²) in [7, 11) is 1.71. The zero-order valence-electron chi connectivity index (χ0n) is 19.1. The fourth-order valence-corrected chi connectivity index (χ4v) is 3.40. The molecule has 5 nitrogen and oxygen atoms in total. The van der Waals surface area contributed by atoms with Gasteiger partial charge in [0.25, 0.3) is 0 Å². The molecule has 0 saturated carbocycles. The van der Waals surface area contributed by atoms with Gasteiger partial charge in [-0.25, -0.2) is 14.2 Å². The van der Waals surface area contributed by atoms with Crippen LogP contribution >= 0.6 is 0 Å². The van der Waals surface area contributed by atoms with Crippen LogP contribution in [0.1, 0.15) is 37.4 Å². The molecule has 0 saturated heterocycles. The first-order chi connectivity index (χ1) is 16.2. The van der Waals surface area contributed by atoms with E-state index in [1.54, 1.807) is 7.11 Å². The first kappa shape index (κ1) is 26.9. The van der Waals surface area contributed by atoms with Gasteiger partial charge < -0.3 is 14.4 Å². The molecule has 0 aliphatic carbocycles. The molecule has 0 spiro atoms. The molecule has 3 rings (SSSR count). The summed E-state index contributed by atoms with van der Waals surface area (Å²) in [5, 5.41) is 7.12. The molecule has 0 aliphatic heterocycles. The quantitative estimate of drug-likeness (QED) is 0.288. The highest BCUT2D eigenvalue weighted by Gasteiger charge is 2.38. The molecule has 2 aromatic carbocycles. The number of rotatable bonds is 9. The van der Waals surface area contributed by atoms with Crippen LogP contribution in [-0.4, -0.2) is 33.9 Å². The van der Waals surface area contributed by atoms with E-state index in [4.69, 9.17) is 14.6 Å². The van der Waals surface area contributed by atoms with Crippen LogP contribution in [0.15, 0.2) is 54.9 Å². The minimum atomic E-state index is -5.08. The van der Waals surface area contributed by atoms with Crippen LogP contribution in [0.4, 0.5) is 17.6 Å². The number of nitrogens with zero attached hydrogens (tertiary/aromatic N) is 2. The predicted octanol–water partition coefficient (Wildman–Crippen LogP) is 6.31. The summed E-state index contributed by atoms with van der Waals surface area (Å²) in [6.45, 7) is 3.05. The number of aliphatic carboxylic acids is 1. The summed E-state index contributed by atoms with van der Waals surface area (Å²) in [5.74, 6) is -2.06. The van der Waals surface area contributed by atoms with Crippen molar-refractivity contribution in [1.82, 2.24) is 9.55 Å². The van der Waals surface area contributed by atoms with E-state index in [-0.39, 0.29) is 5.82 Å². The summed E-state index contributed by atoms with van der Waals surface area (Å²) in [5.41, 5.74) is 4.35. The fourth-order valence-electron chi connectivity index (χ4n) is 3.40. The molecular weight excluding hydrogens is 452 g/mol. The number of halogens is 4. The highest BCUT2D eigenvalue weighted by molar-refractivity contribution is 5.73. The molecule has 0 atom stereocenters. The van der Waals surface area contributed by atoms with Crippen LogP contribution in [0.25, 0.3) is 11.3 Å². The van der Waals surface area contributed by atoms with E-state index in [2.05, 4.69) is 22.5 Å². The van der Waals surface area contributed by atoms with Gasteiger partial charge in [-0.05, 0) is 55.2 Å². The normalized spacial score (nSPS) is 11.0. The summed E-state index contributed by atoms with van der Waals surface area (Å²) in [6, 6.07) is 14.7. The molecule has 1 heterocycles. The van der Waals surface area contributed by atoms with E-state index in [0.29, 0.717) is 0 Å². The van der Waals surface area contributed by atoms with E-state index < -0.39 is 12.1 Å². The minimum absolute atomic E-state index is 0.220. The molecule has 0 fully saturated rings. The van der Waals surface area contributed by atoms with Crippen LogP contribution in [-0.2, 0) is 24.2 Å². The Balaban J connectivity index is 0.000000509. The maximum atomic E-state index is 13.3. The lowest BCUT2D eigenvalue weighted by molar-refractivity contribution is -0.192. The van der Waals surface area contributed by atoms with Crippen LogP contribution in [0.3, 0.4) is 0 Å². The maximum absolute atomic E-state index is 13.3. The smallest absolute Gasteiger partial charge is 0.490 e. The molecule has 0 radical (unpaired) electrons. The largest absolute Gasteiger partial charge is 0.496 e. The molecule has 0 aliphatic rings. The first-order valence-corrected chi connectivity index (χ1v) is 10.9. The Morgan fingerprint density at radius 1 is 1.06 bits per heavy atom. The van der Waals surface area contributed by atoms with E-state index in [1.807, 2.05) is 36.7 Å². The predicted molar refractivity (Wildman–Crippen MR) is 121 cm³/mol. The number of hydrogen-bond acceptors (Lipinski definition) is 3. The van der Waals surface area contributed by atoms with Gasteiger partial charge in [0.05, 0.1) is 19.1 Å². The van der Waals surface area contributed by atoms with E-state index in [1.165, 1.54) is 36.2 Å². The second kappa shape index (κ2) is 12.8. The number of methoxy groups -OCH3 is 1. The minimum Gasteiger partial charge on any atom is -0.496 e. The maximum Gasteiger partial charge on any atom is 0.490 e. The van der Waals surface area contributed by atoms with Crippen LogP contribution in [0, 0.1) is 5.82 Å². The van der Waals surface area contributed by atoms with Gasteiger partial charge in [0.2, 0.25) is 0 Å². The number of aryl methyl sites for hydroxylation is 2. The van der Waals surface area contributed by atoms with Gasteiger partial charge in [0.15, 0.2) is 0 Å². The van der Waals surface area contributed by atoms with Crippen molar-refractivity contribution >= 4 is 5.97 Å². The van der Waals surface area contributed by atoms with E-state index >= 15 is 0 Å². The van der Waals surface area contributed by atoms with Gasteiger partial charge in [-0.1, -0.05) is 38.0 Å². The number of hydrogen-bond donors (Lipinski definition) is 1. The molecule has 1 aromatic heterocycles. The highest BCUT2D eigenvalue weighted by Crippen LogP contribution is 2.26. The van der Waals surface area contributed by atoms with E-state index in [0.717, 1.165) is 42.8 Å². The van der Waals surface area contributed by atoms with Gasteiger partial charge in [0, 0.05) is 17.8 Å². The molecule has 0 amide bonds. The Morgan fingerprint density at radius 2 is 1.71 bits per heavy atom. The lowest BCUT2D eigenvalue weighted by Crippen LogP contribution is -2.21. The summed E-state index contributed by atoms with van der Waals surface area (Å²) in [4.78, 5) is 13.6. The Bertz CT molecular complexity index is 1050. The first-order valence-electron chi connectivity index (χ1n) is 10.9. The summed E-state index contributed by atoms with van der Waals surface area (Å²) >= 11 is 0. The molecule has 184 valence electrons.